The highest BCUT2D eigenvalue weighted by atomic mass is 16.1. The van der Waals surface area contributed by atoms with Gasteiger partial charge in [-0.15, -0.1) is 0 Å². The van der Waals surface area contributed by atoms with Gasteiger partial charge in [0.25, 0.3) is 0 Å². The van der Waals surface area contributed by atoms with E-state index >= 15 is 0 Å². The predicted molar refractivity (Wildman–Crippen MR) is 85.6 cm³/mol. The molecule has 0 saturated carbocycles. The third kappa shape index (κ3) is 3.44. The Hall–Kier alpha value is -1.82. The van der Waals surface area contributed by atoms with Gasteiger partial charge in [0.05, 0.1) is 11.3 Å². The van der Waals surface area contributed by atoms with Crippen molar-refractivity contribution >= 4 is 11.5 Å². The molecule has 2 rings (SSSR count). The number of hydrogen-bond acceptors (Lipinski definition) is 3. The Labute approximate surface area is 127 Å². The quantitative estimate of drug-likeness (QED) is 0.770. The van der Waals surface area contributed by atoms with Crippen LogP contribution in [-0.2, 0) is 0 Å². The minimum atomic E-state index is 0.0466. The van der Waals surface area contributed by atoms with Crippen molar-refractivity contribution in [2.24, 2.45) is 11.3 Å². The number of Topliss-reactive ketones (excluding diaryl/α,β-unsaturated/α-hetero) is 1. The summed E-state index contributed by atoms with van der Waals surface area (Å²) in [5, 5.41) is 9.30. The molecule has 1 aromatic carbocycles. The molecule has 1 saturated heterocycles. The Morgan fingerprint density at radius 3 is 2.38 bits per heavy atom. The molecular weight excluding hydrogens is 260 g/mol. The van der Waals surface area contributed by atoms with Crippen molar-refractivity contribution in [3.8, 4) is 6.07 Å². The lowest BCUT2D eigenvalue weighted by Crippen LogP contribution is -2.38. The first-order valence-electron chi connectivity index (χ1n) is 7.63. The fourth-order valence-corrected chi connectivity index (χ4v) is 3.09. The molecular formula is C18H24N2O. The Balaban J connectivity index is 2.22. The van der Waals surface area contributed by atoms with Crippen molar-refractivity contribution in [1.29, 1.82) is 5.26 Å². The van der Waals surface area contributed by atoms with E-state index in [1.54, 1.807) is 19.1 Å². The number of hydrogen-bond donors (Lipinski definition) is 0. The lowest BCUT2D eigenvalue weighted by molar-refractivity contribution is 0.101. The van der Waals surface area contributed by atoms with E-state index in [1.165, 1.54) is 0 Å². The normalized spacial score (nSPS) is 16.6. The predicted octanol–water partition coefficient (Wildman–Crippen LogP) is 4.02. The summed E-state index contributed by atoms with van der Waals surface area (Å²) in [4.78, 5) is 13.8. The average molecular weight is 284 g/mol. The van der Waals surface area contributed by atoms with Gasteiger partial charge in [0.2, 0.25) is 0 Å². The fourth-order valence-electron chi connectivity index (χ4n) is 3.09. The lowest BCUT2D eigenvalue weighted by Gasteiger charge is -2.40. The summed E-state index contributed by atoms with van der Waals surface area (Å²) < 4.78 is 0. The lowest BCUT2D eigenvalue weighted by atomic mass is 9.75. The maximum absolute atomic E-state index is 11.6. The number of ketones is 1. The molecule has 21 heavy (non-hydrogen) atoms. The van der Waals surface area contributed by atoms with Gasteiger partial charge in [-0.05, 0) is 49.3 Å². The largest absolute Gasteiger partial charge is 0.370 e. The molecule has 0 bridgehead atoms. The molecule has 0 radical (unpaired) electrons. The fraction of sp³-hybridized carbons (Fsp3) is 0.556. The van der Waals surface area contributed by atoms with E-state index in [9.17, 15) is 10.1 Å². The summed E-state index contributed by atoms with van der Waals surface area (Å²) in [5.41, 5.74) is 2.60. The minimum absolute atomic E-state index is 0.0466. The Kier molecular flexibility index (Phi) is 4.37. The van der Waals surface area contributed by atoms with E-state index in [2.05, 4.69) is 31.7 Å². The Morgan fingerprint density at radius 2 is 1.90 bits per heavy atom. The second-order valence-electron chi connectivity index (χ2n) is 7.03. The zero-order valence-corrected chi connectivity index (χ0v) is 13.4. The summed E-state index contributed by atoms with van der Waals surface area (Å²) >= 11 is 0. The third-order valence-corrected chi connectivity index (χ3v) is 4.59. The number of nitrogens with zero attached hydrogens (tertiary/aromatic N) is 2. The van der Waals surface area contributed by atoms with Crippen LogP contribution in [0, 0.1) is 22.7 Å². The van der Waals surface area contributed by atoms with Crippen LogP contribution in [-0.4, -0.2) is 18.9 Å². The van der Waals surface area contributed by atoms with E-state index in [0.29, 0.717) is 16.5 Å². The molecule has 0 atom stereocenters. The average Bonchev–Trinajstić information content (AvgIpc) is 2.45. The molecule has 1 aliphatic rings. The smallest absolute Gasteiger partial charge is 0.159 e. The van der Waals surface area contributed by atoms with Crippen LogP contribution >= 0.6 is 0 Å². The van der Waals surface area contributed by atoms with Gasteiger partial charge < -0.3 is 4.90 Å². The second kappa shape index (κ2) is 5.89. The Bertz CT molecular complexity index is 570. The maximum Gasteiger partial charge on any atom is 0.159 e. The molecule has 0 aromatic heterocycles. The summed E-state index contributed by atoms with van der Waals surface area (Å²) in [5.74, 6) is 0.764. The molecule has 3 nitrogen and oxygen atoms in total. The highest BCUT2D eigenvalue weighted by Crippen LogP contribution is 2.36. The number of nitriles is 1. The van der Waals surface area contributed by atoms with E-state index < -0.39 is 0 Å². The third-order valence-electron chi connectivity index (χ3n) is 4.59. The van der Waals surface area contributed by atoms with Crippen LogP contribution in [0.5, 0.6) is 0 Å². The molecule has 0 spiro atoms. The number of benzene rings is 1. The molecule has 3 heteroatoms. The summed E-state index contributed by atoms with van der Waals surface area (Å²) in [6, 6.07) is 7.63. The number of carbonyl (C=O) groups excluding carboxylic acids is 1. The van der Waals surface area contributed by atoms with Crippen LogP contribution in [0.25, 0.3) is 0 Å². The van der Waals surface area contributed by atoms with Crippen LogP contribution in [0.2, 0.25) is 0 Å². The SMILES string of the molecule is CC(=O)c1ccc(C#N)c(N2CCC(C(C)(C)C)CC2)c1. The van der Waals surface area contributed by atoms with Gasteiger partial charge >= 0.3 is 0 Å². The van der Waals surface area contributed by atoms with Crippen LogP contribution in [0.3, 0.4) is 0 Å². The second-order valence-corrected chi connectivity index (χ2v) is 7.03. The Morgan fingerprint density at radius 1 is 1.29 bits per heavy atom. The molecule has 1 fully saturated rings. The summed E-state index contributed by atoms with van der Waals surface area (Å²) in [6.45, 7) is 10.4. The number of piperidine rings is 1. The van der Waals surface area contributed by atoms with Gasteiger partial charge in [-0.1, -0.05) is 20.8 Å². The molecule has 112 valence electrons. The molecule has 1 heterocycles. The van der Waals surface area contributed by atoms with Crippen molar-refractivity contribution in [3.63, 3.8) is 0 Å². The van der Waals surface area contributed by atoms with Crippen LogP contribution < -0.4 is 4.90 Å². The standard InChI is InChI=1S/C18H24N2O/c1-13(21)14-5-6-15(12-19)17(11-14)20-9-7-16(8-10-20)18(2,3)4/h5-6,11,16H,7-10H2,1-4H3. The van der Waals surface area contributed by atoms with Gasteiger partial charge in [0, 0.05) is 18.7 Å². The number of carbonyl (C=O) groups is 1. The van der Waals surface area contributed by atoms with Gasteiger partial charge in [-0.3, -0.25) is 4.79 Å². The minimum Gasteiger partial charge on any atom is -0.370 e. The zero-order valence-electron chi connectivity index (χ0n) is 13.4. The zero-order chi connectivity index (χ0) is 15.6. The summed E-state index contributed by atoms with van der Waals surface area (Å²) in [6.07, 6.45) is 2.28. The van der Waals surface area contributed by atoms with Crippen molar-refractivity contribution in [1.82, 2.24) is 0 Å². The van der Waals surface area contributed by atoms with Crippen molar-refractivity contribution < 1.29 is 4.79 Å². The number of anilines is 1. The molecule has 0 aliphatic carbocycles. The first-order valence-corrected chi connectivity index (χ1v) is 7.63. The molecule has 1 aromatic rings. The van der Waals surface area contributed by atoms with Crippen LogP contribution in [0.1, 0.15) is 56.5 Å². The van der Waals surface area contributed by atoms with E-state index in [4.69, 9.17) is 0 Å². The molecule has 0 unspecified atom stereocenters. The molecule has 1 aliphatic heterocycles. The van der Waals surface area contributed by atoms with Gasteiger partial charge in [0.1, 0.15) is 6.07 Å². The highest BCUT2D eigenvalue weighted by Gasteiger charge is 2.29. The number of rotatable bonds is 2. The van der Waals surface area contributed by atoms with E-state index in [0.717, 1.165) is 37.5 Å². The van der Waals surface area contributed by atoms with E-state index in [1.807, 2.05) is 6.07 Å². The van der Waals surface area contributed by atoms with Gasteiger partial charge in [0.15, 0.2) is 5.78 Å². The van der Waals surface area contributed by atoms with Crippen molar-refractivity contribution in [2.45, 2.75) is 40.5 Å². The van der Waals surface area contributed by atoms with Gasteiger partial charge in [-0.2, -0.15) is 5.26 Å². The van der Waals surface area contributed by atoms with Crippen LogP contribution in [0.15, 0.2) is 18.2 Å². The topological polar surface area (TPSA) is 44.1 Å². The highest BCUT2D eigenvalue weighted by molar-refractivity contribution is 5.95. The molecule has 0 amide bonds. The van der Waals surface area contributed by atoms with Crippen molar-refractivity contribution in [3.05, 3.63) is 29.3 Å². The first-order chi connectivity index (χ1) is 9.82. The molecule has 0 N–H and O–H groups in total. The maximum atomic E-state index is 11.6. The van der Waals surface area contributed by atoms with E-state index in [-0.39, 0.29) is 5.78 Å². The van der Waals surface area contributed by atoms with Gasteiger partial charge in [-0.25, -0.2) is 0 Å². The first kappa shape index (κ1) is 15.6. The monoisotopic (exact) mass is 284 g/mol. The van der Waals surface area contributed by atoms with Crippen LogP contribution in [0.4, 0.5) is 5.69 Å². The summed E-state index contributed by atoms with van der Waals surface area (Å²) in [7, 11) is 0. The van der Waals surface area contributed by atoms with Crippen molar-refractivity contribution in [2.75, 3.05) is 18.0 Å².